The molecule has 0 fully saturated rings. The Labute approximate surface area is 166 Å². The number of halogens is 2. The lowest BCUT2D eigenvalue weighted by Gasteiger charge is -2.34. The Morgan fingerprint density at radius 1 is 1.27 bits per heavy atom. The van der Waals surface area contributed by atoms with Gasteiger partial charge in [-0.2, -0.15) is 11.3 Å². The highest BCUT2D eigenvalue weighted by Gasteiger charge is 2.43. The average molecular weight is 409 g/mol. The van der Waals surface area contributed by atoms with Crippen LogP contribution in [0, 0.1) is 0 Å². The molecule has 1 N–H and O–H groups in total. The third-order valence-corrected chi connectivity index (χ3v) is 5.75. The van der Waals surface area contributed by atoms with Crippen molar-refractivity contribution in [2.24, 2.45) is 0 Å². The second-order valence-electron chi connectivity index (χ2n) is 6.70. The van der Waals surface area contributed by atoms with Crippen molar-refractivity contribution >= 4 is 57.6 Å². The van der Waals surface area contributed by atoms with Gasteiger partial charge in [-0.25, -0.2) is 0 Å². The van der Waals surface area contributed by atoms with Gasteiger partial charge >= 0.3 is 0 Å². The molecule has 2 aromatic rings. The molecule has 0 radical (unpaired) electrons. The van der Waals surface area contributed by atoms with Crippen molar-refractivity contribution in [2.45, 2.75) is 26.3 Å². The van der Waals surface area contributed by atoms with Crippen molar-refractivity contribution in [1.82, 2.24) is 4.90 Å². The maximum absolute atomic E-state index is 13.0. The Morgan fingerprint density at radius 3 is 2.65 bits per heavy atom. The molecule has 3 rings (SSSR count). The van der Waals surface area contributed by atoms with Crippen LogP contribution >= 0.6 is 34.5 Å². The molecule has 7 heteroatoms. The SMILES string of the molecule is CC1=C(c2ccsc2)C(=O)N(C(C)(C)C(=O)Nc2cc(Cl)ccc2Cl)C1. The number of hydrogen-bond acceptors (Lipinski definition) is 3. The van der Waals surface area contributed by atoms with Crippen LogP contribution in [0.1, 0.15) is 26.3 Å². The first-order valence-corrected chi connectivity index (χ1v) is 9.72. The Kier molecular flexibility index (Phi) is 5.15. The van der Waals surface area contributed by atoms with Crippen molar-refractivity contribution in [3.8, 4) is 0 Å². The minimum absolute atomic E-state index is 0.141. The highest BCUT2D eigenvalue weighted by atomic mass is 35.5. The molecule has 0 bridgehead atoms. The molecule has 0 unspecified atom stereocenters. The number of rotatable bonds is 4. The van der Waals surface area contributed by atoms with E-state index in [0.29, 0.717) is 27.9 Å². The van der Waals surface area contributed by atoms with E-state index in [9.17, 15) is 9.59 Å². The van der Waals surface area contributed by atoms with Crippen LogP contribution in [0.15, 0.2) is 40.6 Å². The predicted molar refractivity (Wildman–Crippen MR) is 108 cm³/mol. The molecule has 136 valence electrons. The van der Waals surface area contributed by atoms with Gasteiger partial charge in [0.25, 0.3) is 5.91 Å². The highest BCUT2D eigenvalue weighted by molar-refractivity contribution is 7.08. The lowest BCUT2D eigenvalue weighted by molar-refractivity contribution is -0.137. The van der Waals surface area contributed by atoms with Gasteiger partial charge in [0.15, 0.2) is 0 Å². The number of benzene rings is 1. The zero-order valence-electron chi connectivity index (χ0n) is 14.6. The van der Waals surface area contributed by atoms with Crippen molar-refractivity contribution in [1.29, 1.82) is 0 Å². The molecule has 0 saturated heterocycles. The maximum Gasteiger partial charge on any atom is 0.255 e. The normalized spacial score (nSPS) is 15.0. The van der Waals surface area contributed by atoms with Gasteiger partial charge in [-0.15, -0.1) is 0 Å². The van der Waals surface area contributed by atoms with Crippen LogP contribution in [-0.2, 0) is 9.59 Å². The molecule has 1 aliphatic heterocycles. The summed E-state index contributed by atoms with van der Waals surface area (Å²) in [5.41, 5.74) is 1.89. The van der Waals surface area contributed by atoms with E-state index in [1.807, 2.05) is 23.8 Å². The van der Waals surface area contributed by atoms with Gasteiger partial charge < -0.3 is 10.2 Å². The molecule has 0 saturated carbocycles. The molecular formula is C19H18Cl2N2O2S. The van der Waals surface area contributed by atoms with Gasteiger partial charge in [0, 0.05) is 17.1 Å². The number of thiophene rings is 1. The standard InChI is InChI=1S/C19H18Cl2N2O2S/c1-11-9-23(17(24)16(11)12-6-7-26-10-12)19(2,3)18(25)22-15-8-13(20)4-5-14(15)21/h4-8,10H,9H2,1-3H3,(H,22,25). The molecule has 4 nitrogen and oxygen atoms in total. The van der Waals surface area contributed by atoms with Crippen molar-refractivity contribution < 1.29 is 9.59 Å². The molecule has 2 amide bonds. The van der Waals surface area contributed by atoms with Crippen LogP contribution in [0.5, 0.6) is 0 Å². The third kappa shape index (κ3) is 3.39. The van der Waals surface area contributed by atoms with Crippen LogP contribution in [0.4, 0.5) is 5.69 Å². The monoisotopic (exact) mass is 408 g/mol. The summed E-state index contributed by atoms with van der Waals surface area (Å²) in [6.07, 6.45) is 0. The van der Waals surface area contributed by atoms with Gasteiger partial charge in [-0.05, 0) is 66.9 Å². The fourth-order valence-electron chi connectivity index (χ4n) is 2.92. The fourth-order valence-corrected chi connectivity index (χ4v) is 3.91. The first kappa shape index (κ1) is 19.0. The lowest BCUT2D eigenvalue weighted by atomic mass is 10.0. The Hall–Kier alpha value is -1.82. The van der Waals surface area contributed by atoms with Crippen LogP contribution in [0.2, 0.25) is 10.0 Å². The van der Waals surface area contributed by atoms with E-state index >= 15 is 0 Å². The Bertz CT molecular complexity index is 904. The van der Waals surface area contributed by atoms with Crippen LogP contribution in [0.3, 0.4) is 0 Å². The molecule has 1 aliphatic rings. The Balaban J connectivity index is 1.83. The average Bonchev–Trinajstić information content (AvgIpc) is 3.18. The van der Waals surface area contributed by atoms with E-state index in [4.69, 9.17) is 23.2 Å². The van der Waals surface area contributed by atoms with Crippen LogP contribution in [0.25, 0.3) is 5.57 Å². The zero-order valence-corrected chi connectivity index (χ0v) is 16.9. The number of nitrogens with zero attached hydrogens (tertiary/aromatic N) is 1. The predicted octanol–water partition coefficient (Wildman–Crippen LogP) is 5.09. The summed E-state index contributed by atoms with van der Waals surface area (Å²) in [6, 6.07) is 6.77. The number of amides is 2. The summed E-state index contributed by atoms with van der Waals surface area (Å²) in [4.78, 5) is 27.5. The summed E-state index contributed by atoms with van der Waals surface area (Å²) in [5, 5.41) is 7.52. The molecule has 26 heavy (non-hydrogen) atoms. The smallest absolute Gasteiger partial charge is 0.255 e. The highest BCUT2D eigenvalue weighted by Crippen LogP contribution is 2.34. The van der Waals surface area contributed by atoms with E-state index in [0.717, 1.165) is 11.1 Å². The topological polar surface area (TPSA) is 49.4 Å². The van der Waals surface area contributed by atoms with Crippen molar-refractivity contribution in [3.63, 3.8) is 0 Å². The van der Waals surface area contributed by atoms with Gasteiger partial charge in [-0.1, -0.05) is 23.2 Å². The second-order valence-corrected chi connectivity index (χ2v) is 8.32. The third-order valence-electron chi connectivity index (χ3n) is 4.50. The Morgan fingerprint density at radius 2 is 2.00 bits per heavy atom. The maximum atomic E-state index is 13.0. The van der Waals surface area contributed by atoms with Crippen LogP contribution in [-0.4, -0.2) is 28.8 Å². The summed E-state index contributed by atoms with van der Waals surface area (Å²) in [7, 11) is 0. The molecule has 2 heterocycles. The first-order valence-electron chi connectivity index (χ1n) is 8.02. The summed E-state index contributed by atoms with van der Waals surface area (Å²) < 4.78 is 0. The van der Waals surface area contributed by atoms with Gasteiger partial charge in [0.1, 0.15) is 5.54 Å². The number of hydrogen-bond donors (Lipinski definition) is 1. The van der Waals surface area contributed by atoms with Crippen molar-refractivity contribution in [2.75, 3.05) is 11.9 Å². The molecule has 0 atom stereocenters. The van der Waals surface area contributed by atoms with Crippen LogP contribution < -0.4 is 5.32 Å². The number of nitrogens with one attached hydrogen (secondary N) is 1. The van der Waals surface area contributed by atoms with Gasteiger partial charge in [-0.3, -0.25) is 9.59 Å². The van der Waals surface area contributed by atoms with Crippen molar-refractivity contribution in [3.05, 3.63) is 56.2 Å². The van der Waals surface area contributed by atoms with E-state index < -0.39 is 5.54 Å². The largest absolute Gasteiger partial charge is 0.323 e. The zero-order chi connectivity index (χ0) is 19.1. The number of anilines is 1. The fraction of sp³-hybridized carbons (Fsp3) is 0.263. The van der Waals surface area contributed by atoms with E-state index in [-0.39, 0.29) is 11.8 Å². The summed E-state index contributed by atoms with van der Waals surface area (Å²) in [5.74, 6) is -0.465. The van der Waals surface area contributed by atoms with Gasteiger partial charge in [0.2, 0.25) is 5.91 Å². The molecule has 0 aliphatic carbocycles. The molecule has 1 aromatic carbocycles. The quantitative estimate of drug-likeness (QED) is 0.765. The van der Waals surface area contributed by atoms with E-state index in [1.165, 1.54) is 11.3 Å². The minimum Gasteiger partial charge on any atom is -0.323 e. The number of carbonyl (C=O) groups is 2. The first-order chi connectivity index (χ1) is 12.2. The molecular weight excluding hydrogens is 391 g/mol. The van der Waals surface area contributed by atoms with E-state index in [2.05, 4.69) is 5.32 Å². The molecule has 1 aromatic heterocycles. The second kappa shape index (κ2) is 7.06. The van der Waals surface area contributed by atoms with Gasteiger partial charge in [0.05, 0.1) is 10.7 Å². The summed E-state index contributed by atoms with van der Waals surface area (Å²) >= 11 is 13.7. The number of carbonyl (C=O) groups excluding carboxylic acids is 2. The lowest BCUT2D eigenvalue weighted by Crippen LogP contribution is -2.53. The minimum atomic E-state index is -1.05. The molecule has 0 spiro atoms. The van der Waals surface area contributed by atoms with E-state index in [1.54, 1.807) is 36.9 Å². The summed E-state index contributed by atoms with van der Waals surface area (Å²) in [6.45, 7) is 5.78.